The predicted molar refractivity (Wildman–Crippen MR) is 66.2 cm³/mol. The van der Waals surface area contributed by atoms with Gasteiger partial charge in [-0.2, -0.15) is 0 Å². The molecule has 1 saturated heterocycles. The average Bonchev–Trinajstić information content (AvgIpc) is 2.63. The Balaban J connectivity index is 2.04. The van der Waals surface area contributed by atoms with Crippen LogP contribution in [0.1, 0.15) is 19.8 Å². The third kappa shape index (κ3) is 5.39. The zero-order valence-electron chi connectivity index (χ0n) is 9.52. The maximum Gasteiger partial charge on any atom is 0.0994 e. The summed E-state index contributed by atoms with van der Waals surface area (Å²) in [4.78, 5) is 6.53. The number of hydrogen-bond donors (Lipinski definition) is 0. The van der Waals surface area contributed by atoms with E-state index in [4.69, 9.17) is 6.42 Å². The van der Waals surface area contributed by atoms with Crippen LogP contribution < -0.4 is 0 Å². The second-order valence-electron chi connectivity index (χ2n) is 4.11. The van der Waals surface area contributed by atoms with Crippen LogP contribution in [0.5, 0.6) is 0 Å². The summed E-state index contributed by atoms with van der Waals surface area (Å²) in [7, 11) is 0. The van der Waals surface area contributed by atoms with E-state index in [2.05, 4.69) is 28.8 Å². The van der Waals surface area contributed by atoms with Crippen molar-refractivity contribution in [3.05, 3.63) is 12.2 Å². The zero-order valence-corrected chi connectivity index (χ0v) is 9.52. The van der Waals surface area contributed by atoms with Gasteiger partial charge in [0.1, 0.15) is 0 Å². The van der Waals surface area contributed by atoms with E-state index in [9.17, 15) is 0 Å². The molecule has 82 valence electrons. The van der Waals surface area contributed by atoms with E-state index in [-0.39, 0.29) is 0 Å². The number of nitrogens with zero attached hydrogens (tertiary/aromatic N) is 2. The molecule has 0 bridgehead atoms. The molecule has 15 heavy (non-hydrogen) atoms. The summed E-state index contributed by atoms with van der Waals surface area (Å²) in [6, 6.07) is 0. The number of likely N-dealkylation sites (tertiary alicyclic amines) is 1. The van der Waals surface area contributed by atoms with Crippen LogP contribution in [0.25, 0.3) is 0 Å². The van der Waals surface area contributed by atoms with Gasteiger partial charge >= 0.3 is 0 Å². The molecule has 0 radical (unpaired) electrons. The number of aliphatic imine (C=N–C) groups is 1. The van der Waals surface area contributed by atoms with Crippen LogP contribution in [0.4, 0.5) is 0 Å². The largest absolute Gasteiger partial charge is 0.303 e. The quantitative estimate of drug-likeness (QED) is 0.494. The Kier molecular flexibility index (Phi) is 5.80. The Bertz CT molecular complexity index is 260. The molecule has 0 aromatic carbocycles. The number of allylic oxidation sites excluding steroid dienone is 1. The number of rotatable bonds is 5. The van der Waals surface area contributed by atoms with E-state index >= 15 is 0 Å². The van der Waals surface area contributed by atoms with Crippen molar-refractivity contribution in [2.45, 2.75) is 19.8 Å². The monoisotopic (exact) mass is 204 g/mol. The molecule has 1 aliphatic rings. The second-order valence-corrected chi connectivity index (χ2v) is 4.11. The lowest BCUT2D eigenvalue weighted by molar-refractivity contribution is 0.334. The summed E-state index contributed by atoms with van der Waals surface area (Å²) >= 11 is 0. The molecule has 0 aromatic rings. The zero-order chi connectivity index (χ0) is 10.9. The molecule has 2 nitrogen and oxygen atoms in total. The first kappa shape index (κ1) is 12.0. The molecule has 2 heteroatoms. The maximum atomic E-state index is 5.07. The van der Waals surface area contributed by atoms with E-state index in [1.165, 1.54) is 26.1 Å². The van der Waals surface area contributed by atoms with E-state index in [1.54, 1.807) is 6.21 Å². The fourth-order valence-electron chi connectivity index (χ4n) is 1.81. The molecular weight excluding hydrogens is 184 g/mol. The van der Waals surface area contributed by atoms with Crippen LogP contribution in [-0.2, 0) is 0 Å². The Labute approximate surface area is 93.1 Å². The van der Waals surface area contributed by atoms with Gasteiger partial charge in [-0.05, 0) is 31.4 Å². The molecule has 1 heterocycles. The smallest absolute Gasteiger partial charge is 0.0994 e. The minimum Gasteiger partial charge on any atom is -0.303 e. The Morgan fingerprint density at radius 1 is 1.60 bits per heavy atom. The first-order valence-electron chi connectivity index (χ1n) is 5.63. The van der Waals surface area contributed by atoms with E-state index in [1.807, 2.05) is 6.08 Å². The van der Waals surface area contributed by atoms with E-state index in [0.29, 0.717) is 6.54 Å². The summed E-state index contributed by atoms with van der Waals surface area (Å²) in [6.45, 7) is 6.50. The van der Waals surface area contributed by atoms with Crippen LogP contribution in [0.2, 0.25) is 0 Å². The third-order valence-electron chi connectivity index (χ3n) is 2.63. The third-order valence-corrected chi connectivity index (χ3v) is 2.63. The molecule has 0 spiro atoms. The maximum absolute atomic E-state index is 5.07. The topological polar surface area (TPSA) is 15.6 Å². The fraction of sp³-hybridized carbons (Fsp3) is 0.615. The van der Waals surface area contributed by atoms with Crippen LogP contribution in [0.15, 0.2) is 17.1 Å². The van der Waals surface area contributed by atoms with Crippen LogP contribution >= 0.6 is 0 Å². The lowest BCUT2D eigenvalue weighted by atomic mass is 10.2. The Hall–Kier alpha value is -1.07. The number of terminal acetylenes is 1. The van der Waals surface area contributed by atoms with E-state index < -0.39 is 0 Å². The summed E-state index contributed by atoms with van der Waals surface area (Å²) in [5, 5.41) is 0. The standard InChI is InChI=1S/C13H20N2/c1-3-8-14-9-5-4-6-10-15-11-7-13(2)12-15/h1,4-5,9,13H,6-8,10-12H2,2H3/b5-4-,14-9?. The molecule has 0 amide bonds. The summed E-state index contributed by atoms with van der Waals surface area (Å²) in [5.74, 6) is 3.35. The van der Waals surface area contributed by atoms with Gasteiger partial charge in [0.15, 0.2) is 0 Å². The van der Waals surface area contributed by atoms with Crippen LogP contribution in [0, 0.1) is 18.3 Å². The molecule has 1 atom stereocenters. The lowest BCUT2D eigenvalue weighted by Crippen LogP contribution is -2.20. The molecular formula is C13H20N2. The summed E-state index contributed by atoms with van der Waals surface area (Å²) in [6.07, 6.45) is 13.5. The van der Waals surface area contributed by atoms with Gasteiger partial charge in [0.2, 0.25) is 0 Å². The highest BCUT2D eigenvalue weighted by atomic mass is 15.1. The van der Waals surface area contributed by atoms with Gasteiger partial charge in [-0.1, -0.05) is 18.9 Å². The number of hydrogen-bond acceptors (Lipinski definition) is 2. The molecule has 0 aromatic heterocycles. The van der Waals surface area contributed by atoms with Crippen molar-refractivity contribution >= 4 is 6.21 Å². The molecule has 0 N–H and O–H groups in total. The van der Waals surface area contributed by atoms with Gasteiger partial charge in [-0.25, -0.2) is 0 Å². The molecule has 1 unspecified atom stereocenters. The highest BCUT2D eigenvalue weighted by Crippen LogP contribution is 2.14. The molecule has 1 aliphatic heterocycles. The molecule has 0 saturated carbocycles. The van der Waals surface area contributed by atoms with Crippen molar-refractivity contribution in [1.29, 1.82) is 0 Å². The van der Waals surface area contributed by atoms with Gasteiger partial charge in [0.05, 0.1) is 6.54 Å². The predicted octanol–water partition coefficient (Wildman–Crippen LogP) is 1.98. The Morgan fingerprint density at radius 3 is 3.13 bits per heavy atom. The minimum atomic E-state index is 0.480. The molecule has 1 rings (SSSR count). The van der Waals surface area contributed by atoms with Crippen molar-refractivity contribution < 1.29 is 0 Å². The molecule has 0 aliphatic carbocycles. The Morgan fingerprint density at radius 2 is 2.47 bits per heavy atom. The van der Waals surface area contributed by atoms with Gasteiger partial charge in [0, 0.05) is 19.3 Å². The second kappa shape index (κ2) is 7.25. The fourth-order valence-corrected chi connectivity index (χ4v) is 1.81. The van der Waals surface area contributed by atoms with Crippen molar-refractivity contribution in [3.8, 4) is 12.3 Å². The first-order valence-corrected chi connectivity index (χ1v) is 5.63. The minimum absolute atomic E-state index is 0.480. The molecule has 1 fully saturated rings. The van der Waals surface area contributed by atoms with Crippen molar-refractivity contribution in [3.63, 3.8) is 0 Å². The van der Waals surface area contributed by atoms with Crippen LogP contribution in [0.3, 0.4) is 0 Å². The van der Waals surface area contributed by atoms with E-state index in [0.717, 1.165) is 12.3 Å². The SMILES string of the molecule is C#CCN=C/C=C\CCN1CCC(C)C1. The van der Waals surface area contributed by atoms with Crippen molar-refractivity contribution in [2.24, 2.45) is 10.9 Å². The summed E-state index contributed by atoms with van der Waals surface area (Å²) in [5.41, 5.74) is 0. The highest BCUT2D eigenvalue weighted by Gasteiger charge is 2.16. The normalized spacial score (nSPS) is 22.8. The average molecular weight is 204 g/mol. The van der Waals surface area contributed by atoms with Crippen LogP contribution in [-0.4, -0.2) is 37.3 Å². The van der Waals surface area contributed by atoms with Gasteiger partial charge in [-0.15, -0.1) is 6.42 Å². The highest BCUT2D eigenvalue weighted by molar-refractivity contribution is 5.71. The summed E-state index contributed by atoms with van der Waals surface area (Å²) < 4.78 is 0. The van der Waals surface area contributed by atoms with Crippen molar-refractivity contribution in [2.75, 3.05) is 26.2 Å². The van der Waals surface area contributed by atoms with Gasteiger partial charge in [0.25, 0.3) is 0 Å². The van der Waals surface area contributed by atoms with Gasteiger partial charge in [-0.3, -0.25) is 4.99 Å². The first-order chi connectivity index (χ1) is 7.33. The van der Waals surface area contributed by atoms with Gasteiger partial charge < -0.3 is 4.90 Å². The lowest BCUT2D eigenvalue weighted by Gasteiger charge is -2.12. The van der Waals surface area contributed by atoms with Crippen molar-refractivity contribution in [1.82, 2.24) is 4.90 Å².